The Balaban J connectivity index is 2.42. The molecule has 6 nitrogen and oxygen atoms in total. The molecule has 0 saturated carbocycles. The Labute approximate surface area is 95.5 Å². The zero-order chi connectivity index (χ0) is 11.8. The van der Waals surface area contributed by atoms with Crippen molar-refractivity contribution in [1.82, 2.24) is 21.3 Å². The molecule has 4 N–H and O–H groups in total. The molecule has 0 aliphatic carbocycles. The molecule has 0 unspecified atom stereocenters. The zero-order valence-electron chi connectivity index (χ0n) is 9.64. The van der Waals surface area contributed by atoms with Crippen molar-refractivity contribution in [3.8, 4) is 0 Å². The number of rotatable bonds is 0. The smallest absolute Gasteiger partial charge is 0.232 e. The van der Waals surface area contributed by atoms with Gasteiger partial charge in [0, 0.05) is 39.3 Å². The molecule has 0 aromatic carbocycles. The average Bonchev–Trinajstić information content (AvgIpc) is 2.29. The van der Waals surface area contributed by atoms with Gasteiger partial charge in [-0.25, -0.2) is 0 Å². The first-order chi connectivity index (χ1) is 7.72. The molecule has 16 heavy (non-hydrogen) atoms. The van der Waals surface area contributed by atoms with Crippen LogP contribution in [0.25, 0.3) is 0 Å². The molecule has 0 aromatic rings. The van der Waals surface area contributed by atoms with Gasteiger partial charge in [0.15, 0.2) is 0 Å². The van der Waals surface area contributed by atoms with E-state index in [9.17, 15) is 9.59 Å². The van der Waals surface area contributed by atoms with Gasteiger partial charge in [0.25, 0.3) is 0 Å². The predicted octanol–water partition coefficient (Wildman–Crippen LogP) is -1.95. The molecule has 1 aliphatic heterocycles. The van der Waals surface area contributed by atoms with Gasteiger partial charge >= 0.3 is 0 Å². The van der Waals surface area contributed by atoms with E-state index < -0.39 is 5.92 Å². The van der Waals surface area contributed by atoms with Crippen LogP contribution in [0.3, 0.4) is 0 Å². The molecule has 0 radical (unpaired) electrons. The Hall–Kier alpha value is -1.14. The summed E-state index contributed by atoms with van der Waals surface area (Å²) in [5.41, 5.74) is 0. The third kappa shape index (κ3) is 4.59. The molecule has 0 spiro atoms. The van der Waals surface area contributed by atoms with Crippen LogP contribution >= 0.6 is 0 Å². The highest BCUT2D eigenvalue weighted by Crippen LogP contribution is 1.94. The van der Waals surface area contributed by atoms with Gasteiger partial charge in [0.05, 0.1) is 0 Å². The van der Waals surface area contributed by atoms with Crippen LogP contribution in [-0.4, -0.2) is 51.1 Å². The molecular formula is C10H20N4O2. The molecule has 1 saturated heterocycles. The maximum atomic E-state index is 11.5. The summed E-state index contributed by atoms with van der Waals surface area (Å²) in [6, 6.07) is 0. The van der Waals surface area contributed by atoms with Crippen molar-refractivity contribution >= 4 is 11.8 Å². The number of nitrogens with one attached hydrogen (secondary N) is 4. The van der Waals surface area contributed by atoms with Crippen LogP contribution in [0.1, 0.15) is 6.92 Å². The van der Waals surface area contributed by atoms with E-state index in [1.54, 1.807) is 6.92 Å². The summed E-state index contributed by atoms with van der Waals surface area (Å²) in [5.74, 6) is -1.06. The second-order valence-corrected chi connectivity index (χ2v) is 3.80. The summed E-state index contributed by atoms with van der Waals surface area (Å²) >= 11 is 0. The van der Waals surface area contributed by atoms with Crippen LogP contribution in [-0.2, 0) is 9.59 Å². The monoisotopic (exact) mass is 228 g/mol. The van der Waals surface area contributed by atoms with Crippen molar-refractivity contribution in [2.75, 3.05) is 39.3 Å². The average molecular weight is 228 g/mol. The predicted molar refractivity (Wildman–Crippen MR) is 60.9 cm³/mol. The van der Waals surface area contributed by atoms with Crippen molar-refractivity contribution in [2.45, 2.75) is 6.92 Å². The first-order valence-corrected chi connectivity index (χ1v) is 5.68. The maximum Gasteiger partial charge on any atom is 0.232 e. The Morgan fingerprint density at radius 2 is 1.19 bits per heavy atom. The number of hydrogen-bond donors (Lipinski definition) is 4. The van der Waals surface area contributed by atoms with E-state index in [0.717, 1.165) is 26.2 Å². The van der Waals surface area contributed by atoms with Gasteiger partial charge in [-0.1, -0.05) is 0 Å². The Morgan fingerprint density at radius 3 is 1.62 bits per heavy atom. The van der Waals surface area contributed by atoms with Crippen molar-refractivity contribution in [2.24, 2.45) is 5.92 Å². The lowest BCUT2D eigenvalue weighted by Gasteiger charge is -2.11. The Bertz CT molecular complexity index is 221. The van der Waals surface area contributed by atoms with E-state index in [4.69, 9.17) is 0 Å². The van der Waals surface area contributed by atoms with Crippen LogP contribution in [0.15, 0.2) is 0 Å². The normalized spacial score (nSPS) is 22.3. The highest BCUT2D eigenvalue weighted by molar-refractivity contribution is 5.99. The van der Waals surface area contributed by atoms with Gasteiger partial charge in [-0.15, -0.1) is 0 Å². The minimum atomic E-state index is -0.624. The third-order valence-electron chi connectivity index (χ3n) is 2.47. The third-order valence-corrected chi connectivity index (χ3v) is 2.47. The van der Waals surface area contributed by atoms with Crippen molar-refractivity contribution in [3.63, 3.8) is 0 Å². The van der Waals surface area contributed by atoms with Gasteiger partial charge in [-0.2, -0.15) is 0 Å². The Morgan fingerprint density at radius 1 is 0.812 bits per heavy atom. The lowest BCUT2D eigenvalue weighted by molar-refractivity contribution is -0.134. The lowest BCUT2D eigenvalue weighted by atomic mass is 10.1. The summed E-state index contributed by atoms with van der Waals surface area (Å²) in [7, 11) is 0. The molecule has 0 aromatic heterocycles. The quantitative estimate of drug-likeness (QED) is 0.363. The lowest BCUT2D eigenvalue weighted by Crippen LogP contribution is -2.42. The largest absolute Gasteiger partial charge is 0.354 e. The summed E-state index contributed by atoms with van der Waals surface area (Å²) in [6.07, 6.45) is 0. The van der Waals surface area contributed by atoms with Crippen LogP contribution in [0.4, 0.5) is 0 Å². The molecular weight excluding hydrogens is 208 g/mol. The second-order valence-electron chi connectivity index (χ2n) is 3.80. The van der Waals surface area contributed by atoms with Gasteiger partial charge in [0.2, 0.25) is 11.8 Å². The van der Waals surface area contributed by atoms with Gasteiger partial charge in [-0.05, 0) is 6.92 Å². The number of hydrogen-bond acceptors (Lipinski definition) is 4. The highest BCUT2D eigenvalue weighted by Gasteiger charge is 2.20. The van der Waals surface area contributed by atoms with Gasteiger partial charge < -0.3 is 21.3 Å². The van der Waals surface area contributed by atoms with E-state index in [1.807, 2.05) is 0 Å². The van der Waals surface area contributed by atoms with E-state index in [2.05, 4.69) is 21.3 Å². The van der Waals surface area contributed by atoms with Gasteiger partial charge in [0.1, 0.15) is 5.92 Å². The molecule has 1 aliphatic rings. The molecule has 1 fully saturated rings. The molecule has 0 bridgehead atoms. The van der Waals surface area contributed by atoms with E-state index in [-0.39, 0.29) is 11.8 Å². The number of carbonyl (C=O) groups is 2. The SMILES string of the molecule is CC1C(=O)NCCNCCNCCNC1=O. The zero-order valence-corrected chi connectivity index (χ0v) is 9.64. The molecule has 6 heteroatoms. The summed E-state index contributed by atoms with van der Waals surface area (Å²) in [4.78, 5) is 23.0. The fourth-order valence-corrected chi connectivity index (χ4v) is 1.40. The molecule has 0 atom stereocenters. The van der Waals surface area contributed by atoms with E-state index in [0.29, 0.717) is 13.1 Å². The minimum Gasteiger partial charge on any atom is -0.354 e. The standard InChI is InChI=1S/C10H20N4O2/c1-8-9(15)13-6-4-11-2-3-12-5-7-14-10(8)16/h8,11-12H,2-7H2,1H3,(H,13,15)(H,14,16). The highest BCUT2D eigenvalue weighted by atomic mass is 16.2. The molecule has 1 heterocycles. The number of amides is 2. The second kappa shape index (κ2) is 7.19. The van der Waals surface area contributed by atoms with Crippen LogP contribution < -0.4 is 21.3 Å². The Kier molecular flexibility index (Phi) is 5.81. The fraction of sp³-hybridized carbons (Fsp3) is 0.800. The summed E-state index contributed by atoms with van der Waals surface area (Å²) in [5, 5.41) is 11.8. The minimum absolute atomic E-state index is 0.216. The topological polar surface area (TPSA) is 82.3 Å². The first-order valence-electron chi connectivity index (χ1n) is 5.68. The van der Waals surface area contributed by atoms with E-state index >= 15 is 0 Å². The van der Waals surface area contributed by atoms with Crippen LogP contribution in [0, 0.1) is 5.92 Å². The van der Waals surface area contributed by atoms with E-state index in [1.165, 1.54) is 0 Å². The van der Waals surface area contributed by atoms with Crippen molar-refractivity contribution in [3.05, 3.63) is 0 Å². The summed E-state index contributed by atoms with van der Waals surface area (Å²) in [6.45, 7) is 5.89. The maximum absolute atomic E-state index is 11.5. The van der Waals surface area contributed by atoms with Crippen molar-refractivity contribution in [1.29, 1.82) is 0 Å². The van der Waals surface area contributed by atoms with Crippen LogP contribution in [0.5, 0.6) is 0 Å². The van der Waals surface area contributed by atoms with Gasteiger partial charge in [-0.3, -0.25) is 9.59 Å². The van der Waals surface area contributed by atoms with Crippen molar-refractivity contribution < 1.29 is 9.59 Å². The number of carbonyl (C=O) groups excluding carboxylic acids is 2. The molecule has 92 valence electrons. The molecule has 1 rings (SSSR count). The van der Waals surface area contributed by atoms with Crippen LogP contribution in [0.2, 0.25) is 0 Å². The fourth-order valence-electron chi connectivity index (χ4n) is 1.40. The first kappa shape index (κ1) is 12.9. The summed E-state index contributed by atoms with van der Waals surface area (Å²) < 4.78 is 0. The molecule has 2 amide bonds.